The number of carbonyl (C=O) groups is 2. The quantitative estimate of drug-likeness (QED) is 0.0766. The first kappa shape index (κ1) is 37.2. The first-order chi connectivity index (χ1) is 26.4. The fourth-order valence-corrected chi connectivity index (χ4v) is 7.57. The molecule has 0 spiro atoms. The van der Waals surface area contributed by atoms with Gasteiger partial charge in [0.2, 0.25) is 11.8 Å². The highest BCUT2D eigenvalue weighted by molar-refractivity contribution is 5.78. The van der Waals surface area contributed by atoms with Gasteiger partial charge in [-0.15, -0.1) is 0 Å². The number of rotatable bonds is 13. The average Bonchev–Trinajstić information content (AvgIpc) is 3.56. The molecule has 2 aliphatic heterocycles. The van der Waals surface area contributed by atoms with Gasteiger partial charge in [0, 0.05) is 57.0 Å². The molecule has 54 heavy (non-hydrogen) atoms. The smallest absolute Gasteiger partial charge is 0.326 e. The zero-order valence-electron chi connectivity index (χ0n) is 30.2. The monoisotopic (exact) mass is 733 g/mol. The number of likely N-dealkylation sites (tertiary alicyclic amines) is 1. The van der Waals surface area contributed by atoms with E-state index < -0.39 is 12.2 Å². The molecule has 1 aromatic heterocycles. The van der Waals surface area contributed by atoms with Crippen molar-refractivity contribution in [1.29, 1.82) is 0 Å². The second kappa shape index (κ2) is 17.4. The van der Waals surface area contributed by atoms with Crippen molar-refractivity contribution in [2.75, 3.05) is 19.6 Å². The third-order valence-corrected chi connectivity index (χ3v) is 10.5. The van der Waals surface area contributed by atoms with E-state index in [0.717, 1.165) is 76.9 Å². The van der Waals surface area contributed by atoms with Gasteiger partial charge < -0.3 is 29.8 Å². The minimum Gasteiger partial charge on any atom is -0.392 e. The molecule has 12 nitrogen and oxygen atoms in total. The van der Waals surface area contributed by atoms with Crippen LogP contribution in [0, 0.1) is 0 Å². The summed E-state index contributed by atoms with van der Waals surface area (Å²) in [6.45, 7) is 2.82. The van der Waals surface area contributed by atoms with E-state index in [1.807, 2.05) is 89.5 Å². The fourth-order valence-electron chi connectivity index (χ4n) is 7.57. The Morgan fingerprint density at radius 2 is 1.56 bits per heavy atom. The molecule has 0 radical (unpaired) electrons. The van der Waals surface area contributed by atoms with E-state index in [1.54, 1.807) is 5.48 Å². The molecule has 3 heterocycles. The van der Waals surface area contributed by atoms with Gasteiger partial charge in [0.1, 0.15) is 0 Å². The van der Waals surface area contributed by atoms with Crippen LogP contribution in [-0.2, 0) is 32.2 Å². The number of aliphatic hydroxyl groups excluding tert-OH is 1. The highest BCUT2D eigenvalue weighted by Crippen LogP contribution is 2.39. The predicted octanol–water partition coefficient (Wildman–Crippen LogP) is 5.66. The number of nitrogens with zero attached hydrogens (tertiary/aromatic N) is 2. The second-order valence-electron chi connectivity index (χ2n) is 14.2. The summed E-state index contributed by atoms with van der Waals surface area (Å²) in [7, 11) is 0. The standard InChI is InChI=1S/C42H47N5O7/c48-27-28-11-13-31(14-12-28)38-24-35(26-46-21-19-34(20-22-46)47-37-8-2-1-7-36(37)44-42(47)51)53-41(54-38)32-17-15-30(16-18-32)33-6-3-5-29(23-33)25-43-39(49)9-4-10-40(50)45-52/h1-3,5-8,11-18,23,34-35,38,41,48,52H,4,9-10,19-22,24-27H2,(H,43,49)(H,44,51)(H,45,50)/t35-,38+,41+/m1/s1. The minimum absolute atomic E-state index is 0.0158. The molecular weight excluding hydrogens is 686 g/mol. The van der Waals surface area contributed by atoms with Gasteiger partial charge in [0.25, 0.3) is 0 Å². The zero-order valence-corrected chi connectivity index (χ0v) is 30.2. The maximum absolute atomic E-state index is 12.9. The number of nitrogens with one attached hydrogen (secondary N) is 3. The highest BCUT2D eigenvalue weighted by Gasteiger charge is 2.34. The Labute approximate surface area is 313 Å². The summed E-state index contributed by atoms with van der Waals surface area (Å²) in [5, 5.41) is 21.1. The van der Waals surface area contributed by atoms with E-state index in [9.17, 15) is 19.5 Å². The summed E-state index contributed by atoms with van der Waals surface area (Å²) < 4.78 is 15.2. The van der Waals surface area contributed by atoms with Crippen LogP contribution >= 0.6 is 0 Å². The Morgan fingerprint density at radius 1 is 0.815 bits per heavy atom. The maximum atomic E-state index is 12.9. The Balaban J connectivity index is 1.01. The first-order valence-electron chi connectivity index (χ1n) is 18.7. The van der Waals surface area contributed by atoms with Gasteiger partial charge in [-0.1, -0.05) is 78.9 Å². The lowest BCUT2D eigenvalue weighted by atomic mass is 9.98. The molecule has 3 atom stereocenters. The van der Waals surface area contributed by atoms with Crippen molar-refractivity contribution in [1.82, 2.24) is 25.2 Å². The summed E-state index contributed by atoms with van der Waals surface area (Å²) >= 11 is 0. The minimum atomic E-state index is -0.576. The van der Waals surface area contributed by atoms with Crippen LogP contribution in [0.2, 0.25) is 0 Å². The topological polar surface area (TPSA) is 158 Å². The number of aromatic amines is 1. The SMILES string of the molecule is O=C(CCCC(=O)NCc1cccc(-c2ccc([C@H]3O[C@@H](CN4CCC(n5c(=O)[nH]c6ccccc65)CC4)C[C@@H](c4ccc(CO)cc4)O3)cc2)c1)NO. The molecule has 7 rings (SSSR count). The number of hydrogen-bond donors (Lipinski definition) is 5. The normalized spacial score (nSPS) is 19.5. The van der Waals surface area contributed by atoms with E-state index in [2.05, 4.69) is 27.3 Å². The first-order valence-corrected chi connectivity index (χ1v) is 18.7. The molecule has 12 heteroatoms. The van der Waals surface area contributed by atoms with Crippen LogP contribution in [0.5, 0.6) is 0 Å². The Bertz CT molecular complexity index is 2090. The van der Waals surface area contributed by atoms with Crippen molar-refractivity contribution < 1.29 is 29.4 Å². The van der Waals surface area contributed by atoms with E-state index in [0.29, 0.717) is 19.4 Å². The van der Waals surface area contributed by atoms with Crippen molar-refractivity contribution in [3.63, 3.8) is 0 Å². The van der Waals surface area contributed by atoms with Crippen molar-refractivity contribution in [2.45, 2.75) is 76.2 Å². The molecule has 5 N–H and O–H groups in total. The molecular formula is C42H47N5O7. The number of benzene rings is 4. The van der Waals surface area contributed by atoms with Crippen molar-refractivity contribution in [2.24, 2.45) is 0 Å². The number of ether oxygens (including phenoxy) is 2. The highest BCUT2D eigenvalue weighted by atomic mass is 16.7. The molecule has 0 bridgehead atoms. The Morgan fingerprint density at radius 3 is 2.31 bits per heavy atom. The Hall–Kier alpha value is -5.11. The van der Waals surface area contributed by atoms with Crippen LogP contribution < -0.4 is 16.5 Å². The number of H-pyrrole nitrogens is 1. The predicted molar refractivity (Wildman–Crippen MR) is 203 cm³/mol. The fraction of sp³-hybridized carbons (Fsp3) is 0.357. The lowest BCUT2D eigenvalue weighted by molar-refractivity contribution is -0.253. The lowest BCUT2D eigenvalue weighted by Gasteiger charge is -2.40. The number of carbonyl (C=O) groups excluding carboxylic acids is 2. The lowest BCUT2D eigenvalue weighted by Crippen LogP contribution is -2.43. The number of aliphatic hydroxyl groups is 1. The summed E-state index contributed by atoms with van der Waals surface area (Å²) in [5.74, 6) is -0.665. The van der Waals surface area contributed by atoms with Crippen molar-refractivity contribution >= 4 is 22.8 Å². The van der Waals surface area contributed by atoms with E-state index in [4.69, 9.17) is 14.7 Å². The number of para-hydroxylation sites is 2. The second-order valence-corrected chi connectivity index (χ2v) is 14.2. The van der Waals surface area contributed by atoms with E-state index in [-0.39, 0.29) is 49.3 Å². The third-order valence-electron chi connectivity index (χ3n) is 10.5. The molecule has 0 aliphatic carbocycles. The van der Waals surface area contributed by atoms with Gasteiger partial charge in [0.15, 0.2) is 6.29 Å². The molecule has 2 fully saturated rings. The van der Waals surface area contributed by atoms with Crippen LogP contribution in [0.15, 0.2) is 102 Å². The molecule has 282 valence electrons. The van der Waals surface area contributed by atoms with E-state index in [1.165, 1.54) is 0 Å². The summed E-state index contributed by atoms with van der Waals surface area (Å²) in [6, 6.07) is 32.1. The molecule has 0 unspecified atom stereocenters. The molecule has 5 aromatic rings. The molecule has 4 aromatic carbocycles. The van der Waals surface area contributed by atoms with Crippen LogP contribution in [0.25, 0.3) is 22.2 Å². The van der Waals surface area contributed by atoms with Gasteiger partial charge in [-0.2, -0.15) is 0 Å². The third kappa shape index (κ3) is 8.98. The van der Waals surface area contributed by atoms with Gasteiger partial charge in [0.05, 0.1) is 29.8 Å². The molecule has 2 aliphatic rings. The number of amides is 2. The summed E-state index contributed by atoms with van der Waals surface area (Å²) in [5.41, 5.74) is 9.13. The van der Waals surface area contributed by atoms with Crippen LogP contribution in [0.4, 0.5) is 0 Å². The summed E-state index contributed by atoms with van der Waals surface area (Å²) in [4.78, 5) is 41.7. The van der Waals surface area contributed by atoms with Gasteiger partial charge in [-0.05, 0) is 65.3 Å². The number of aromatic nitrogens is 2. The number of hydroxylamine groups is 1. The summed E-state index contributed by atoms with van der Waals surface area (Å²) in [6.07, 6.45) is 2.22. The van der Waals surface area contributed by atoms with E-state index >= 15 is 0 Å². The van der Waals surface area contributed by atoms with Crippen molar-refractivity contribution in [3.8, 4) is 11.1 Å². The van der Waals surface area contributed by atoms with Gasteiger partial charge in [-0.3, -0.25) is 19.4 Å². The Kier molecular flexibility index (Phi) is 12.0. The average molecular weight is 734 g/mol. The number of fused-ring (bicyclic) bond motifs is 1. The number of imidazole rings is 1. The van der Waals surface area contributed by atoms with Gasteiger partial charge >= 0.3 is 5.69 Å². The number of piperidine rings is 1. The molecule has 0 saturated carbocycles. The van der Waals surface area contributed by atoms with Crippen molar-refractivity contribution in [3.05, 3.63) is 130 Å². The zero-order chi connectivity index (χ0) is 37.4. The number of hydrogen-bond acceptors (Lipinski definition) is 8. The van der Waals surface area contributed by atoms with Crippen LogP contribution in [-0.4, -0.2) is 62.3 Å². The molecule has 2 amide bonds. The largest absolute Gasteiger partial charge is 0.392 e. The van der Waals surface area contributed by atoms with Crippen LogP contribution in [0.3, 0.4) is 0 Å². The van der Waals surface area contributed by atoms with Gasteiger partial charge in [-0.25, -0.2) is 10.3 Å². The molecule has 2 saturated heterocycles. The maximum Gasteiger partial charge on any atom is 0.326 e. The van der Waals surface area contributed by atoms with Crippen LogP contribution in [0.1, 0.15) is 79.2 Å².